The predicted molar refractivity (Wildman–Crippen MR) is 139 cm³/mol. The molecule has 1 saturated heterocycles. The fraction of sp³-hybridized carbons (Fsp3) is 0.308. The lowest BCUT2D eigenvalue weighted by Gasteiger charge is -2.34. The fourth-order valence-electron chi connectivity index (χ4n) is 4.38. The van der Waals surface area contributed by atoms with Crippen molar-refractivity contribution in [3.8, 4) is 16.9 Å². The second-order valence-electron chi connectivity index (χ2n) is 8.45. The summed E-state index contributed by atoms with van der Waals surface area (Å²) in [5.41, 5.74) is 2.89. The van der Waals surface area contributed by atoms with Crippen LogP contribution in [0.5, 0.6) is 5.75 Å². The largest absolute Gasteiger partial charge is 0.494 e. The average molecular weight is 495 g/mol. The van der Waals surface area contributed by atoms with Crippen molar-refractivity contribution in [1.29, 1.82) is 0 Å². The van der Waals surface area contributed by atoms with Crippen LogP contribution in [0.3, 0.4) is 0 Å². The fourth-order valence-corrected chi connectivity index (χ4v) is 5.57. The molecule has 0 radical (unpaired) electrons. The minimum atomic E-state index is -0.106. The number of nitrogens with zero attached hydrogens (tertiary/aromatic N) is 3. The molecule has 0 saturated carbocycles. The molecule has 2 aromatic heterocycles. The number of aromatic amines is 1. The zero-order valence-corrected chi connectivity index (χ0v) is 20.7. The first-order valence-electron chi connectivity index (χ1n) is 11.5. The molecule has 3 heterocycles. The third kappa shape index (κ3) is 5.03. The minimum absolute atomic E-state index is 0.106. The molecule has 1 aliphatic rings. The first-order chi connectivity index (χ1) is 16.6. The van der Waals surface area contributed by atoms with Crippen LogP contribution in [0.4, 0.5) is 0 Å². The monoisotopic (exact) mass is 494 g/mol. The van der Waals surface area contributed by atoms with E-state index in [0.29, 0.717) is 29.4 Å². The maximum absolute atomic E-state index is 13.0. The van der Waals surface area contributed by atoms with Gasteiger partial charge in [0, 0.05) is 54.3 Å². The number of hydrogen-bond acceptors (Lipinski definition) is 6. The number of halogens is 1. The summed E-state index contributed by atoms with van der Waals surface area (Å²) in [5.74, 6) is 1.63. The number of piperazine rings is 1. The quantitative estimate of drug-likeness (QED) is 0.391. The van der Waals surface area contributed by atoms with Crippen molar-refractivity contribution in [2.45, 2.75) is 20.0 Å². The van der Waals surface area contributed by atoms with Gasteiger partial charge in [-0.25, -0.2) is 4.98 Å². The van der Waals surface area contributed by atoms with E-state index in [9.17, 15) is 4.79 Å². The SMILES string of the molecule is CCOc1ccc(CN2CCN(Cc3nc4scc(-c5ccccc5Cl)c4c(=O)[nH]3)CC2)cc1. The summed E-state index contributed by atoms with van der Waals surface area (Å²) >= 11 is 7.85. The van der Waals surface area contributed by atoms with Gasteiger partial charge in [-0.1, -0.05) is 41.9 Å². The van der Waals surface area contributed by atoms with Crippen LogP contribution in [0.15, 0.2) is 58.7 Å². The molecule has 176 valence electrons. The Bertz CT molecular complexity index is 1330. The molecule has 34 heavy (non-hydrogen) atoms. The second-order valence-corrected chi connectivity index (χ2v) is 9.72. The number of thiophene rings is 1. The number of nitrogens with one attached hydrogen (secondary N) is 1. The number of aromatic nitrogens is 2. The van der Waals surface area contributed by atoms with Crippen molar-refractivity contribution in [3.63, 3.8) is 0 Å². The first kappa shape index (κ1) is 23.1. The van der Waals surface area contributed by atoms with Crippen molar-refractivity contribution >= 4 is 33.2 Å². The van der Waals surface area contributed by atoms with Crippen LogP contribution in [-0.4, -0.2) is 52.6 Å². The molecule has 0 aliphatic carbocycles. The van der Waals surface area contributed by atoms with E-state index < -0.39 is 0 Å². The van der Waals surface area contributed by atoms with E-state index in [1.165, 1.54) is 16.9 Å². The number of hydrogen-bond donors (Lipinski definition) is 1. The molecule has 8 heteroatoms. The molecule has 6 nitrogen and oxygen atoms in total. The summed E-state index contributed by atoms with van der Waals surface area (Å²) in [5, 5.41) is 3.22. The number of H-pyrrole nitrogens is 1. The van der Waals surface area contributed by atoms with E-state index in [0.717, 1.165) is 54.4 Å². The van der Waals surface area contributed by atoms with Gasteiger partial charge in [0.25, 0.3) is 5.56 Å². The topological polar surface area (TPSA) is 61.5 Å². The third-order valence-corrected chi connectivity index (χ3v) is 7.34. The third-order valence-electron chi connectivity index (χ3n) is 6.14. The molecule has 1 fully saturated rings. The summed E-state index contributed by atoms with van der Waals surface area (Å²) in [6.07, 6.45) is 0. The highest BCUT2D eigenvalue weighted by Crippen LogP contribution is 2.34. The van der Waals surface area contributed by atoms with Gasteiger partial charge in [-0.05, 0) is 30.7 Å². The summed E-state index contributed by atoms with van der Waals surface area (Å²) in [6, 6.07) is 15.9. The maximum atomic E-state index is 13.0. The van der Waals surface area contributed by atoms with Gasteiger partial charge >= 0.3 is 0 Å². The van der Waals surface area contributed by atoms with Crippen LogP contribution < -0.4 is 10.3 Å². The Morgan fingerprint density at radius 1 is 1.00 bits per heavy atom. The smallest absolute Gasteiger partial charge is 0.260 e. The zero-order valence-electron chi connectivity index (χ0n) is 19.1. The first-order valence-corrected chi connectivity index (χ1v) is 12.8. The molecule has 0 spiro atoms. The second kappa shape index (κ2) is 10.3. The molecular weight excluding hydrogens is 468 g/mol. The molecule has 5 rings (SSSR count). The highest BCUT2D eigenvalue weighted by Gasteiger charge is 2.20. The number of ether oxygens (including phenoxy) is 1. The van der Waals surface area contributed by atoms with Crippen molar-refractivity contribution in [1.82, 2.24) is 19.8 Å². The van der Waals surface area contributed by atoms with Gasteiger partial charge in [0.05, 0.1) is 18.5 Å². The van der Waals surface area contributed by atoms with Gasteiger partial charge < -0.3 is 9.72 Å². The number of rotatable bonds is 7. The van der Waals surface area contributed by atoms with E-state index in [2.05, 4.69) is 26.9 Å². The molecule has 0 amide bonds. The maximum Gasteiger partial charge on any atom is 0.260 e. The Morgan fingerprint density at radius 2 is 1.71 bits per heavy atom. The molecular formula is C26H27ClN4O2S. The Hall–Kier alpha value is -2.71. The van der Waals surface area contributed by atoms with Gasteiger partial charge in [0.2, 0.25) is 0 Å². The summed E-state index contributed by atoms with van der Waals surface area (Å²) in [4.78, 5) is 26.3. The van der Waals surface area contributed by atoms with Crippen LogP contribution in [0.2, 0.25) is 5.02 Å². The van der Waals surface area contributed by atoms with Crippen LogP contribution in [0.1, 0.15) is 18.3 Å². The molecule has 0 atom stereocenters. The van der Waals surface area contributed by atoms with E-state index in [-0.39, 0.29) is 5.56 Å². The van der Waals surface area contributed by atoms with Gasteiger partial charge in [-0.2, -0.15) is 0 Å². The molecule has 4 aromatic rings. The van der Waals surface area contributed by atoms with Crippen molar-refractivity contribution in [2.24, 2.45) is 0 Å². The minimum Gasteiger partial charge on any atom is -0.494 e. The summed E-state index contributed by atoms with van der Waals surface area (Å²) in [6.45, 7) is 8.09. The van der Waals surface area contributed by atoms with Crippen molar-refractivity contribution in [2.75, 3.05) is 32.8 Å². The van der Waals surface area contributed by atoms with Crippen molar-refractivity contribution in [3.05, 3.63) is 80.7 Å². The summed E-state index contributed by atoms with van der Waals surface area (Å²) in [7, 11) is 0. The molecule has 0 unspecified atom stereocenters. The Balaban J connectivity index is 1.22. The molecule has 1 N–H and O–H groups in total. The zero-order chi connectivity index (χ0) is 23.5. The van der Waals surface area contributed by atoms with Crippen LogP contribution in [0, 0.1) is 0 Å². The molecule has 2 aromatic carbocycles. The lowest BCUT2D eigenvalue weighted by molar-refractivity contribution is 0.120. The van der Waals surface area contributed by atoms with E-state index in [1.807, 2.05) is 48.7 Å². The van der Waals surface area contributed by atoms with Crippen LogP contribution in [0.25, 0.3) is 21.3 Å². The highest BCUT2D eigenvalue weighted by atomic mass is 35.5. The van der Waals surface area contributed by atoms with E-state index in [4.69, 9.17) is 21.3 Å². The van der Waals surface area contributed by atoms with Gasteiger partial charge in [-0.3, -0.25) is 14.6 Å². The van der Waals surface area contributed by atoms with E-state index in [1.54, 1.807) is 0 Å². The van der Waals surface area contributed by atoms with Gasteiger partial charge in [0.15, 0.2) is 0 Å². The summed E-state index contributed by atoms with van der Waals surface area (Å²) < 4.78 is 5.53. The van der Waals surface area contributed by atoms with Gasteiger partial charge in [-0.15, -0.1) is 11.3 Å². The number of benzene rings is 2. The lowest BCUT2D eigenvalue weighted by Crippen LogP contribution is -2.45. The van der Waals surface area contributed by atoms with Crippen LogP contribution in [-0.2, 0) is 13.1 Å². The normalized spacial score (nSPS) is 15.1. The van der Waals surface area contributed by atoms with Crippen molar-refractivity contribution < 1.29 is 4.74 Å². The van der Waals surface area contributed by atoms with E-state index >= 15 is 0 Å². The van der Waals surface area contributed by atoms with Crippen LogP contribution >= 0.6 is 22.9 Å². The molecule has 1 aliphatic heterocycles. The highest BCUT2D eigenvalue weighted by molar-refractivity contribution is 7.17. The molecule has 0 bridgehead atoms. The Labute approximate surface area is 207 Å². The average Bonchev–Trinajstić information content (AvgIpc) is 3.26. The Morgan fingerprint density at radius 3 is 2.41 bits per heavy atom. The number of fused-ring (bicyclic) bond motifs is 1. The Kier molecular flexibility index (Phi) is 6.97. The standard InChI is InChI=1S/C26H27ClN4O2S/c1-2-33-19-9-7-18(8-10-19)15-30-11-13-31(14-12-30)16-23-28-25(32)24-21(17-34-26(24)29-23)20-5-3-4-6-22(20)27/h3-10,17H,2,11-16H2,1H3,(H,28,29,32). The van der Waals surface area contributed by atoms with Gasteiger partial charge in [0.1, 0.15) is 16.4 Å². The lowest BCUT2D eigenvalue weighted by atomic mass is 10.1. The predicted octanol–water partition coefficient (Wildman–Crippen LogP) is 5.02.